The van der Waals surface area contributed by atoms with E-state index in [0.29, 0.717) is 6.04 Å². The molecule has 1 rings (SSSR count). The summed E-state index contributed by atoms with van der Waals surface area (Å²) in [7, 11) is 0. The van der Waals surface area contributed by atoms with Crippen molar-refractivity contribution >= 4 is 0 Å². The molecule has 1 saturated carbocycles. The third-order valence-corrected chi connectivity index (χ3v) is 4.58. The van der Waals surface area contributed by atoms with E-state index in [4.69, 9.17) is 0 Å². The van der Waals surface area contributed by atoms with Gasteiger partial charge in [0, 0.05) is 6.04 Å². The molecule has 0 amide bonds. The maximum Gasteiger partial charge on any atom is 0.0647 e. The van der Waals surface area contributed by atoms with Crippen molar-refractivity contribution in [3.05, 3.63) is 0 Å². The van der Waals surface area contributed by atoms with Gasteiger partial charge in [-0.3, -0.25) is 0 Å². The Morgan fingerprint density at radius 3 is 2.33 bits per heavy atom. The first-order chi connectivity index (χ1) is 8.69. The van der Waals surface area contributed by atoms with Gasteiger partial charge in [0.25, 0.3) is 0 Å². The largest absolute Gasteiger partial charge is 0.394 e. The molecule has 3 nitrogen and oxygen atoms in total. The molecule has 2 unspecified atom stereocenters. The highest BCUT2D eigenvalue weighted by atomic mass is 16.3. The van der Waals surface area contributed by atoms with Gasteiger partial charge in [-0.2, -0.15) is 0 Å². The molecule has 0 saturated heterocycles. The molecule has 108 valence electrons. The number of aliphatic hydroxyl groups excluding tert-OH is 2. The summed E-state index contributed by atoms with van der Waals surface area (Å²) in [5, 5.41) is 22.5. The Kier molecular flexibility index (Phi) is 7.20. The maximum absolute atomic E-state index is 9.49. The molecule has 0 aromatic rings. The van der Waals surface area contributed by atoms with Gasteiger partial charge in [-0.25, -0.2) is 0 Å². The first kappa shape index (κ1) is 15.9. The van der Waals surface area contributed by atoms with E-state index >= 15 is 0 Å². The number of hydrogen-bond acceptors (Lipinski definition) is 3. The van der Waals surface area contributed by atoms with E-state index in [2.05, 4.69) is 12.2 Å². The quantitative estimate of drug-likeness (QED) is 0.614. The van der Waals surface area contributed by atoms with E-state index in [9.17, 15) is 10.2 Å². The van der Waals surface area contributed by atoms with Gasteiger partial charge >= 0.3 is 0 Å². The number of rotatable bonds is 7. The molecule has 18 heavy (non-hydrogen) atoms. The highest BCUT2D eigenvalue weighted by Gasteiger charge is 2.30. The predicted octanol–water partition coefficient (Wildman–Crippen LogP) is 2.46. The van der Waals surface area contributed by atoms with Crippen LogP contribution in [0, 0.1) is 5.92 Å². The van der Waals surface area contributed by atoms with Gasteiger partial charge in [-0.1, -0.05) is 39.5 Å². The molecule has 0 aromatic heterocycles. The SMILES string of the molecule is CCCC1CCCC(NC(CC)(CO)CO)CC1. The first-order valence-electron chi connectivity index (χ1n) is 7.69. The van der Waals surface area contributed by atoms with Crippen LogP contribution in [0.5, 0.6) is 0 Å². The summed E-state index contributed by atoms with van der Waals surface area (Å²) in [5.74, 6) is 0.890. The summed E-state index contributed by atoms with van der Waals surface area (Å²) in [6, 6.07) is 0.464. The van der Waals surface area contributed by atoms with Crippen molar-refractivity contribution in [3.63, 3.8) is 0 Å². The summed E-state index contributed by atoms with van der Waals surface area (Å²) in [5.41, 5.74) is -0.477. The molecule has 1 aliphatic carbocycles. The van der Waals surface area contributed by atoms with Crippen LogP contribution in [-0.4, -0.2) is 35.0 Å². The molecule has 1 fully saturated rings. The summed E-state index contributed by atoms with van der Waals surface area (Å²) in [4.78, 5) is 0. The van der Waals surface area contributed by atoms with Crippen molar-refractivity contribution in [2.75, 3.05) is 13.2 Å². The topological polar surface area (TPSA) is 52.5 Å². The average molecular weight is 257 g/mol. The van der Waals surface area contributed by atoms with Crippen LogP contribution in [-0.2, 0) is 0 Å². The molecule has 0 aliphatic heterocycles. The number of hydrogen-bond donors (Lipinski definition) is 3. The minimum absolute atomic E-state index is 0.0227. The van der Waals surface area contributed by atoms with E-state index in [0.717, 1.165) is 12.3 Å². The second kappa shape index (κ2) is 8.13. The first-order valence-corrected chi connectivity index (χ1v) is 7.69. The van der Waals surface area contributed by atoms with E-state index in [1.807, 2.05) is 6.92 Å². The van der Waals surface area contributed by atoms with Crippen LogP contribution < -0.4 is 5.32 Å². The lowest BCUT2D eigenvalue weighted by molar-refractivity contribution is 0.0753. The monoisotopic (exact) mass is 257 g/mol. The van der Waals surface area contributed by atoms with Crippen LogP contribution in [0.4, 0.5) is 0 Å². The van der Waals surface area contributed by atoms with Gasteiger partial charge in [0.15, 0.2) is 0 Å². The van der Waals surface area contributed by atoms with Crippen molar-refractivity contribution in [2.45, 2.75) is 76.8 Å². The van der Waals surface area contributed by atoms with E-state index in [1.54, 1.807) is 0 Å². The highest BCUT2D eigenvalue weighted by molar-refractivity contribution is 4.90. The molecule has 2 atom stereocenters. The molecule has 1 aliphatic rings. The zero-order chi connectivity index (χ0) is 13.4. The number of nitrogens with one attached hydrogen (secondary N) is 1. The lowest BCUT2D eigenvalue weighted by Gasteiger charge is -2.34. The molecule has 0 radical (unpaired) electrons. The van der Waals surface area contributed by atoms with E-state index < -0.39 is 5.54 Å². The van der Waals surface area contributed by atoms with Gasteiger partial charge in [0.05, 0.1) is 18.8 Å². The Balaban J connectivity index is 2.47. The molecular weight excluding hydrogens is 226 g/mol. The smallest absolute Gasteiger partial charge is 0.0647 e. The third kappa shape index (κ3) is 4.52. The fourth-order valence-corrected chi connectivity index (χ4v) is 3.12. The normalized spacial score (nSPS) is 26.0. The zero-order valence-electron chi connectivity index (χ0n) is 12.1. The molecule has 0 spiro atoms. The molecule has 0 bridgehead atoms. The number of aliphatic hydroxyl groups is 2. The summed E-state index contributed by atoms with van der Waals surface area (Å²) >= 11 is 0. The van der Waals surface area contributed by atoms with Gasteiger partial charge in [-0.15, -0.1) is 0 Å². The van der Waals surface area contributed by atoms with E-state index in [-0.39, 0.29) is 13.2 Å². The van der Waals surface area contributed by atoms with Gasteiger partial charge in [-0.05, 0) is 31.6 Å². The van der Waals surface area contributed by atoms with Crippen LogP contribution in [0.25, 0.3) is 0 Å². The zero-order valence-corrected chi connectivity index (χ0v) is 12.1. The lowest BCUT2D eigenvalue weighted by atomic mass is 9.94. The fourth-order valence-electron chi connectivity index (χ4n) is 3.12. The minimum Gasteiger partial charge on any atom is -0.394 e. The van der Waals surface area contributed by atoms with Crippen molar-refractivity contribution in [1.82, 2.24) is 5.32 Å². The molecule has 0 heterocycles. The average Bonchev–Trinajstić information content (AvgIpc) is 2.62. The van der Waals surface area contributed by atoms with Gasteiger partial charge in [0.1, 0.15) is 0 Å². The minimum atomic E-state index is -0.477. The molecule has 3 heteroatoms. The highest BCUT2D eigenvalue weighted by Crippen LogP contribution is 2.27. The van der Waals surface area contributed by atoms with Crippen LogP contribution >= 0.6 is 0 Å². The van der Waals surface area contributed by atoms with Crippen LogP contribution in [0.2, 0.25) is 0 Å². The van der Waals surface area contributed by atoms with Crippen LogP contribution in [0.1, 0.15) is 65.2 Å². The Bertz CT molecular complexity index is 208. The standard InChI is InChI=1S/C15H31NO2/c1-3-6-13-7-5-8-14(10-9-13)16-15(4-2,11-17)12-18/h13-14,16-18H,3-12H2,1-2H3. The Morgan fingerprint density at radius 1 is 1.06 bits per heavy atom. The van der Waals surface area contributed by atoms with Crippen molar-refractivity contribution in [1.29, 1.82) is 0 Å². The Labute approximate surface area is 112 Å². The molecular formula is C15H31NO2. The fraction of sp³-hybridized carbons (Fsp3) is 1.00. The second-order valence-electron chi connectivity index (χ2n) is 5.95. The Hall–Kier alpha value is -0.120. The summed E-state index contributed by atoms with van der Waals surface area (Å²) in [6.45, 7) is 4.33. The van der Waals surface area contributed by atoms with Gasteiger partial charge in [0.2, 0.25) is 0 Å². The maximum atomic E-state index is 9.49. The van der Waals surface area contributed by atoms with Crippen molar-refractivity contribution in [2.24, 2.45) is 5.92 Å². The third-order valence-electron chi connectivity index (χ3n) is 4.58. The second-order valence-corrected chi connectivity index (χ2v) is 5.95. The van der Waals surface area contributed by atoms with Crippen LogP contribution in [0.3, 0.4) is 0 Å². The Morgan fingerprint density at radius 2 is 1.78 bits per heavy atom. The molecule has 0 aromatic carbocycles. The lowest BCUT2D eigenvalue weighted by Crippen LogP contribution is -2.55. The van der Waals surface area contributed by atoms with Crippen molar-refractivity contribution in [3.8, 4) is 0 Å². The van der Waals surface area contributed by atoms with Crippen molar-refractivity contribution < 1.29 is 10.2 Å². The summed E-state index contributed by atoms with van der Waals surface area (Å²) < 4.78 is 0. The van der Waals surface area contributed by atoms with Gasteiger partial charge < -0.3 is 15.5 Å². The summed E-state index contributed by atoms with van der Waals surface area (Å²) in [6.07, 6.45) is 9.70. The van der Waals surface area contributed by atoms with E-state index in [1.165, 1.54) is 44.9 Å². The van der Waals surface area contributed by atoms with Crippen LogP contribution in [0.15, 0.2) is 0 Å². The molecule has 3 N–H and O–H groups in total. The predicted molar refractivity (Wildman–Crippen MR) is 75.6 cm³/mol.